The molecule has 0 unspecified atom stereocenters. The van der Waals surface area contributed by atoms with Gasteiger partial charge in [-0.05, 0) is 42.8 Å². The van der Waals surface area contributed by atoms with Gasteiger partial charge in [-0.15, -0.1) is 0 Å². The van der Waals surface area contributed by atoms with Gasteiger partial charge in [-0.2, -0.15) is 0 Å². The molecule has 22 heavy (non-hydrogen) atoms. The molecule has 3 aromatic rings. The summed E-state index contributed by atoms with van der Waals surface area (Å²) in [6, 6.07) is 13.6. The average molecular weight is 292 g/mol. The standard InChI is InChI=1S/C17H16N4O/c1-11-4-3-5-13(8-11)21-17-15-9-14(20-12(2)22)6-7-16(15)18-10-19-17/h3-10H,1-2H3,(H,20,22)(H,18,19,21). The Labute approximate surface area is 128 Å². The van der Waals surface area contributed by atoms with Crippen molar-refractivity contribution in [1.29, 1.82) is 0 Å². The number of fused-ring (bicyclic) bond motifs is 1. The molecule has 5 heteroatoms. The highest BCUT2D eigenvalue weighted by atomic mass is 16.1. The molecule has 2 aromatic carbocycles. The van der Waals surface area contributed by atoms with Crippen molar-refractivity contribution in [2.24, 2.45) is 0 Å². The lowest BCUT2D eigenvalue weighted by molar-refractivity contribution is -0.114. The van der Waals surface area contributed by atoms with Crippen molar-refractivity contribution < 1.29 is 4.79 Å². The molecule has 0 bridgehead atoms. The Balaban J connectivity index is 2.02. The van der Waals surface area contributed by atoms with Crippen molar-refractivity contribution in [2.45, 2.75) is 13.8 Å². The Morgan fingerprint density at radius 2 is 1.91 bits per heavy atom. The van der Waals surface area contributed by atoms with Crippen LogP contribution < -0.4 is 10.6 Å². The predicted molar refractivity (Wildman–Crippen MR) is 88.3 cm³/mol. The van der Waals surface area contributed by atoms with Crippen molar-refractivity contribution >= 4 is 34.0 Å². The van der Waals surface area contributed by atoms with Gasteiger partial charge < -0.3 is 10.6 Å². The molecule has 0 aliphatic heterocycles. The Morgan fingerprint density at radius 1 is 1.05 bits per heavy atom. The van der Waals surface area contributed by atoms with E-state index in [1.54, 1.807) is 0 Å². The van der Waals surface area contributed by atoms with Gasteiger partial charge in [-0.1, -0.05) is 12.1 Å². The van der Waals surface area contributed by atoms with E-state index in [9.17, 15) is 4.79 Å². The number of carbonyl (C=O) groups is 1. The van der Waals surface area contributed by atoms with Crippen LogP contribution in [-0.2, 0) is 4.79 Å². The van der Waals surface area contributed by atoms with Gasteiger partial charge >= 0.3 is 0 Å². The van der Waals surface area contributed by atoms with Crippen LogP contribution in [0.2, 0.25) is 0 Å². The number of rotatable bonds is 3. The van der Waals surface area contributed by atoms with Crippen molar-refractivity contribution in [3.63, 3.8) is 0 Å². The van der Waals surface area contributed by atoms with Gasteiger partial charge in [0.25, 0.3) is 0 Å². The molecule has 110 valence electrons. The highest BCUT2D eigenvalue weighted by Gasteiger charge is 2.06. The van der Waals surface area contributed by atoms with Gasteiger partial charge in [0.1, 0.15) is 12.1 Å². The van der Waals surface area contributed by atoms with Crippen LogP contribution in [0.5, 0.6) is 0 Å². The van der Waals surface area contributed by atoms with Gasteiger partial charge in [0.15, 0.2) is 0 Å². The lowest BCUT2D eigenvalue weighted by Crippen LogP contribution is -2.05. The summed E-state index contributed by atoms with van der Waals surface area (Å²) < 4.78 is 0. The van der Waals surface area contributed by atoms with E-state index in [4.69, 9.17) is 0 Å². The summed E-state index contributed by atoms with van der Waals surface area (Å²) >= 11 is 0. The molecule has 3 rings (SSSR count). The number of hydrogen-bond donors (Lipinski definition) is 2. The number of amides is 1. The van der Waals surface area contributed by atoms with Crippen LogP contribution in [0.4, 0.5) is 17.2 Å². The molecule has 5 nitrogen and oxygen atoms in total. The number of hydrogen-bond acceptors (Lipinski definition) is 4. The molecule has 0 saturated heterocycles. The summed E-state index contributed by atoms with van der Waals surface area (Å²) in [5.41, 5.74) is 3.67. The van der Waals surface area contributed by atoms with Crippen LogP contribution in [0.15, 0.2) is 48.8 Å². The number of anilines is 3. The molecular formula is C17H16N4O. The third-order valence-corrected chi connectivity index (χ3v) is 3.24. The summed E-state index contributed by atoms with van der Waals surface area (Å²) in [5.74, 6) is 0.604. The fraction of sp³-hybridized carbons (Fsp3) is 0.118. The highest BCUT2D eigenvalue weighted by Crippen LogP contribution is 2.26. The zero-order chi connectivity index (χ0) is 15.5. The highest BCUT2D eigenvalue weighted by molar-refractivity contribution is 5.96. The zero-order valence-electron chi connectivity index (χ0n) is 12.4. The van der Waals surface area contributed by atoms with E-state index in [2.05, 4.69) is 20.6 Å². The van der Waals surface area contributed by atoms with Crippen LogP contribution in [0.3, 0.4) is 0 Å². The van der Waals surface area contributed by atoms with E-state index in [0.29, 0.717) is 5.82 Å². The lowest BCUT2D eigenvalue weighted by Gasteiger charge is -2.10. The van der Waals surface area contributed by atoms with Gasteiger partial charge in [0.2, 0.25) is 5.91 Å². The second-order valence-corrected chi connectivity index (χ2v) is 5.13. The number of carbonyl (C=O) groups excluding carboxylic acids is 1. The molecule has 1 aromatic heterocycles. The molecule has 1 heterocycles. The SMILES string of the molecule is CC(=O)Nc1ccc2ncnc(Nc3cccc(C)c3)c2c1. The summed E-state index contributed by atoms with van der Waals surface area (Å²) in [6.07, 6.45) is 1.53. The van der Waals surface area contributed by atoms with Crippen LogP contribution in [0.25, 0.3) is 10.9 Å². The van der Waals surface area contributed by atoms with Gasteiger partial charge in [0.05, 0.1) is 5.52 Å². The van der Waals surface area contributed by atoms with E-state index < -0.39 is 0 Å². The van der Waals surface area contributed by atoms with Crippen LogP contribution in [0.1, 0.15) is 12.5 Å². The number of aromatic nitrogens is 2. The average Bonchev–Trinajstić information content (AvgIpc) is 2.47. The minimum absolute atomic E-state index is 0.107. The third kappa shape index (κ3) is 3.03. The summed E-state index contributed by atoms with van der Waals surface area (Å²) in [5, 5.41) is 6.94. The van der Waals surface area contributed by atoms with Crippen LogP contribution in [-0.4, -0.2) is 15.9 Å². The maximum Gasteiger partial charge on any atom is 0.221 e. The zero-order valence-corrected chi connectivity index (χ0v) is 12.4. The van der Waals surface area contributed by atoms with Gasteiger partial charge in [0, 0.05) is 23.7 Å². The Hall–Kier alpha value is -2.95. The molecule has 0 radical (unpaired) electrons. The molecule has 1 amide bonds. The van der Waals surface area contributed by atoms with Gasteiger partial charge in [-0.25, -0.2) is 9.97 Å². The van der Waals surface area contributed by atoms with Crippen molar-refractivity contribution in [3.05, 3.63) is 54.4 Å². The number of nitrogens with zero attached hydrogens (tertiary/aromatic N) is 2. The van der Waals surface area contributed by atoms with E-state index in [1.165, 1.54) is 18.8 Å². The fourth-order valence-corrected chi connectivity index (χ4v) is 2.30. The molecule has 0 aliphatic carbocycles. The normalized spacial score (nSPS) is 10.5. The minimum atomic E-state index is -0.107. The third-order valence-electron chi connectivity index (χ3n) is 3.24. The molecule has 0 aliphatic rings. The molecule has 0 fully saturated rings. The first-order chi connectivity index (χ1) is 10.6. The lowest BCUT2D eigenvalue weighted by atomic mass is 10.2. The second-order valence-electron chi connectivity index (χ2n) is 5.13. The number of aryl methyl sites for hydroxylation is 1. The van der Waals surface area contributed by atoms with Crippen LogP contribution in [0, 0.1) is 6.92 Å². The van der Waals surface area contributed by atoms with E-state index >= 15 is 0 Å². The molecule has 0 saturated carbocycles. The summed E-state index contributed by atoms with van der Waals surface area (Å²) in [7, 11) is 0. The minimum Gasteiger partial charge on any atom is -0.340 e. The second kappa shape index (κ2) is 5.81. The maximum atomic E-state index is 11.2. The Bertz CT molecular complexity index is 845. The predicted octanol–water partition coefficient (Wildman–Crippen LogP) is 3.64. The largest absolute Gasteiger partial charge is 0.340 e. The van der Waals surface area contributed by atoms with E-state index in [0.717, 1.165) is 22.3 Å². The molecule has 0 spiro atoms. The quantitative estimate of drug-likeness (QED) is 0.773. The van der Waals surface area contributed by atoms with Crippen molar-refractivity contribution in [1.82, 2.24) is 9.97 Å². The Morgan fingerprint density at radius 3 is 2.68 bits per heavy atom. The van der Waals surface area contributed by atoms with E-state index in [1.807, 2.05) is 49.4 Å². The maximum absolute atomic E-state index is 11.2. The molecule has 2 N–H and O–H groups in total. The summed E-state index contributed by atoms with van der Waals surface area (Å²) in [6.45, 7) is 3.52. The number of benzene rings is 2. The first-order valence-electron chi connectivity index (χ1n) is 6.98. The Kier molecular flexibility index (Phi) is 3.70. The van der Waals surface area contributed by atoms with Crippen molar-refractivity contribution in [2.75, 3.05) is 10.6 Å². The van der Waals surface area contributed by atoms with Crippen LogP contribution >= 0.6 is 0 Å². The fourth-order valence-electron chi connectivity index (χ4n) is 2.30. The molecular weight excluding hydrogens is 276 g/mol. The van der Waals surface area contributed by atoms with Crippen molar-refractivity contribution in [3.8, 4) is 0 Å². The van der Waals surface area contributed by atoms with E-state index in [-0.39, 0.29) is 5.91 Å². The first-order valence-corrected chi connectivity index (χ1v) is 6.98. The van der Waals surface area contributed by atoms with Gasteiger partial charge in [-0.3, -0.25) is 4.79 Å². The summed E-state index contributed by atoms with van der Waals surface area (Å²) in [4.78, 5) is 19.8. The molecule has 0 atom stereocenters. The first kappa shape index (κ1) is 14.0. The monoisotopic (exact) mass is 292 g/mol. The topological polar surface area (TPSA) is 66.9 Å². The number of nitrogens with one attached hydrogen (secondary N) is 2. The smallest absolute Gasteiger partial charge is 0.221 e.